The molecule has 0 bridgehead atoms. The van der Waals surface area contributed by atoms with Crippen LogP contribution in [-0.4, -0.2) is 62.7 Å². The third-order valence-electron chi connectivity index (χ3n) is 11.9. The predicted octanol–water partition coefficient (Wildman–Crippen LogP) is 10.7. The van der Waals surface area contributed by atoms with E-state index in [2.05, 4.69) is 30.8 Å². The number of alkyl halides is 6. The van der Waals surface area contributed by atoms with Gasteiger partial charge in [-0.2, -0.15) is 26.3 Å². The highest BCUT2D eigenvalue weighted by atomic mass is 35.5. The van der Waals surface area contributed by atoms with Crippen LogP contribution in [0.2, 0.25) is 0 Å². The first-order chi connectivity index (χ1) is 28.2. The van der Waals surface area contributed by atoms with Crippen molar-refractivity contribution in [2.45, 2.75) is 115 Å². The summed E-state index contributed by atoms with van der Waals surface area (Å²) in [7, 11) is 0. The molecular weight excluding hydrogens is 822 g/mol. The fraction of sp³-hybridized carbons (Fsp3) is 0.455. The molecule has 4 heterocycles. The molecular formula is C44H51ClF6N8O2. The molecule has 4 N–H and O–H groups in total. The molecule has 0 aliphatic heterocycles. The molecule has 0 amide bonds. The van der Waals surface area contributed by atoms with Crippen molar-refractivity contribution < 1.29 is 36.6 Å². The summed E-state index contributed by atoms with van der Waals surface area (Å²) in [4.78, 5) is 8.55. The highest BCUT2D eigenvalue weighted by Gasteiger charge is 2.34. The molecule has 0 radical (unpaired) electrons. The van der Waals surface area contributed by atoms with Gasteiger partial charge in [-0.3, -0.25) is 0 Å². The summed E-state index contributed by atoms with van der Waals surface area (Å²) in [5.41, 5.74) is 0.228. The van der Waals surface area contributed by atoms with Crippen molar-refractivity contribution >= 4 is 35.3 Å². The quantitative estimate of drug-likeness (QED) is 0.111. The molecule has 2 saturated carbocycles. The second-order valence-electron chi connectivity index (χ2n) is 17.1. The van der Waals surface area contributed by atoms with Crippen LogP contribution in [0.25, 0.3) is 33.8 Å². The molecule has 0 spiro atoms. The molecule has 4 aromatic heterocycles. The lowest BCUT2D eigenvalue weighted by molar-refractivity contribution is -0.138. The van der Waals surface area contributed by atoms with Crippen LogP contribution >= 0.6 is 12.4 Å². The zero-order chi connectivity index (χ0) is 43.0. The van der Waals surface area contributed by atoms with E-state index in [1.165, 1.54) is 24.5 Å². The van der Waals surface area contributed by atoms with Crippen molar-refractivity contribution in [3.63, 3.8) is 0 Å². The Morgan fingerprint density at radius 1 is 0.541 bits per heavy atom. The third kappa shape index (κ3) is 10.9. The highest BCUT2D eigenvalue weighted by Crippen LogP contribution is 2.37. The fourth-order valence-electron chi connectivity index (χ4n) is 8.31. The maximum absolute atomic E-state index is 13.1. The van der Waals surface area contributed by atoms with Crippen LogP contribution in [0.4, 0.5) is 38.0 Å². The standard InChI is InChI=1S/2C22H25F3N4O.ClH/c2*1-21(2,30)15-6-8-17(9-7-15)27-19-10-11-20-26-13-18(29(20)28-19)14-4-3-5-16(12-14)22(23,24)25;/h2*3-5,10-13,15,17,30H,6-9H2,1-2H3,(H,27,28);1H. The molecule has 2 aliphatic carbocycles. The molecule has 0 saturated heterocycles. The van der Waals surface area contributed by atoms with Gasteiger partial charge in [0.25, 0.3) is 0 Å². The summed E-state index contributed by atoms with van der Waals surface area (Å²) in [6.07, 6.45) is 1.72. The van der Waals surface area contributed by atoms with Crippen molar-refractivity contribution in [1.29, 1.82) is 0 Å². The van der Waals surface area contributed by atoms with Gasteiger partial charge in [-0.05, 0) is 139 Å². The van der Waals surface area contributed by atoms with Gasteiger partial charge in [-0.1, -0.05) is 24.3 Å². The second-order valence-corrected chi connectivity index (χ2v) is 17.1. The zero-order valence-corrected chi connectivity index (χ0v) is 35.1. The second kappa shape index (κ2) is 17.8. The molecule has 61 heavy (non-hydrogen) atoms. The summed E-state index contributed by atoms with van der Waals surface area (Å²) in [6.45, 7) is 7.43. The highest BCUT2D eigenvalue weighted by molar-refractivity contribution is 5.85. The average molecular weight is 873 g/mol. The summed E-state index contributed by atoms with van der Waals surface area (Å²) in [5, 5.41) is 36.4. The number of hydrogen-bond acceptors (Lipinski definition) is 8. The summed E-state index contributed by atoms with van der Waals surface area (Å²) in [5.74, 6) is 1.88. The van der Waals surface area contributed by atoms with E-state index in [0.717, 1.165) is 75.6 Å². The minimum absolute atomic E-state index is 0. The van der Waals surface area contributed by atoms with Crippen molar-refractivity contribution in [3.05, 3.63) is 96.3 Å². The predicted molar refractivity (Wildman–Crippen MR) is 225 cm³/mol. The third-order valence-corrected chi connectivity index (χ3v) is 11.9. The van der Waals surface area contributed by atoms with Gasteiger partial charge in [0, 0.05) is 23.2 Å². The Balaban J connectivity index is 0.000000201. The van der Waals surface area contributed by atoms with E-state index in [4.69, 9.17) is 0 Å². The molecule has 2 fully saturated rings. The number of aliphatic hydroxyl groups is 2. The Bertz CT molecular complexity index is 2240. The van der Waals surface area contributed by atoms with Crippen LogP contribution in [-0.2, 0) is 12.4 Å². The van der Waals surface area contributed by atoms with Crippen LogP contribution in [0.5, 0.6) is 0 Å². The van der Waals surface area contributed by atoms with Crippen molar-refractivity contribution in [2.24, 2.45) is 11.8 Å². The molecule has 17 heteroatoms. The molecule has 328 valence electrons. The molecule has 0 unspecified atom stereocenters. The Morgan fingerprint density at radius 2 is 0.902 bits per heavy atom. The van der Waals surface area contributed by atoms with Crippen LogP contribution in [0.1, 0.15) is 90.2 Å². The summed E-state index contributed by atoms with van der Waals surface area (Å²) in [6, 6.07) is 18.1. The van der Waals surface area contributed by atoms with E-state index in [1.54, 1.807) is 33.3 Å². The lowest BCUT2D eigenvalue weighted by atomic mass is 9.77. The number of rotatable bonds is 8. The number of benzene rings is 2. The van der Waals surface area contributed by atoms with E-state index in [0.29, 0.717) is 45.4 Å². The van der Waals surface area contributed by atoms with Gasteiger partial charge in [-0.15, -0.1) is 22.6 Å². The van der Waals surface area contributed by atoms with Crippen molar-refractivity contribution in [2.75, 3.05) is 10.6 Å². The molecule has 2 aromatic carbocycles. The number of fused-ring (bicyclic) bond motifs is 2. The topological polar surface area (TPSA) is 125 Å². The number of hydrogen-bond donors (Lipinski definition) is 4. The van der Waals surface area contributed by atoms with E-state index in [-0.39, 0.29) is 36.3 Å². The van der Waals surface area contributed by atoms with Crippen LogP contribution in [0.3, 0.4) is 0 Å². The number of nitrogens with zero attached hydrogens (tertiary/aromatic N) is 6. The van der Waals surface area contributed by atoms with Gasteiger partial charge >= 0.3 is 12.4 Å². The lowest BCUT2D eigenvalue weighted by Gasteiger charge is -2.36. The number of imidazole rings is 2. The maximum atomic E-state index is 13.1. The number of nitrogens with one attached hydrogen (secondary N) is 2. The number of halogens is 7. The van der Waals surface area contributed by atoms with E-state index < -0.39 is 34.7 Å². The van der Waals surface area contributed by atoms with Gasteiger partial charge < -0.3 is 20.8 Å². The van der Waals surface area contributed by atoms with E-state index >= 15 is 0 Å². The minimum Gasteiger partial charge on any atom is -0.390 e. The summed E-state index contributed by atoms with van der Waals surface area (Å²) < 4.78 is 81.7. The Morgan fingerprint density at radius 3 is 1.23 bits per heavy atom. The molecule has 10 nitrogen and oxygen atoms in total. The largest absolute Gasteiger partial charge is 0.416 e. The smallest absolute Gasteiger partial charge is 0.390 e. The fourth-order valence-corrected chi connectivity index (χ4v) is 8.31. The molecule has 2 aliphatic rings. The Hall–Kier alpha value is -4.93. The monoisotopic (exact) mass is 872 g/mol. The maximum Gasteiger partial charge on any atom is 0.416 e. The van der Waals surface area contributed by atoms with Crippen molar-refractivity contribution in [3.8, 4) is 22.5 Å². The zero-order valence-electron chi connectivity index (χ0n) is 34.3. The number of anilines is 2. The average Bonchev–Trinajstić information content (AvgIpc) is 3.82. The van der Waals surface area contributed by atoms with Gasteiger partial charge in [0.1, 0.15) is 11.6 Å². The molecule has 6 aromatic rings. The Kier molecular flexibility index (Phi) is 13.3. The lowest BCUT2D eigenvalue weighted by Crippen LogP contribution is -2.37. The summed E-state index contributed by atoms with van der Waals surface area (Å²) >= 11 is 0. The first-order valence-corrected chi connectivity index (χ1v) is 20.2. The van der Waals surface area contributed by atoms with Crippen molar-refractivity contribution in [1.82, 2.24) is 29.2 Å². The molecule has 8 rings (SSSR count). The minimum atomic E-state index is -4.40. The SMILES string of the molecule is CC(C)(O)C1CCC(Nc2ccc3ncc(-c4cccc(C(F)(F)F)c4)n3n2)CC1.CC(C)(O)C1CCC(Nc2ccc3ncc(-c4cccc(C(F)(F)F)c4)n3n2)CC1.Cl. The van der Waals surface area contributed by atoms with Gasteiger partial charge in [-0.25, -0.2) is 19.0 Å². The number of aromatic nitrogens is 6. The Labute approximate surface area is 356 Å². The first-order valence-electron chi connectivity index (χ1n) is 20.2. The van der Waals surface area contributed by atoms with E-state index in [9.17, 15) is 36.6 Å². The molecule has 0 atom stereocenters. The van der Waals surface area contributed by atoms with Gasteiger partial charge in [0.2, 0.25) is 0 Å². The first kappa shape index (κ1) is 45.6. The van der Waals surface area contributed by atoms with Crippen LogP contribution in [0, 0.1) is 11.8 Å². The van der Waals surface area contributed by atoms with E-state index in [1.807, 2.05) is 39.8 Å². The normalized spacial score (nSPS) is 20.1. The van der Waals surface area contributed by atoms with Crippen LogP contribution in [0.15, 0.2) is 85.2 Å². The van der Waals surface area contributed by atoms with Gasteiger partial charge in [0.05, 0.1) is 46.1 Å². The van der Waals surface area contributed by atoms with Gasteiger partial charge in [0.15, 0.2) is 11.3 Å². The van der Waals surface area contributed by atoms with Crippen LogP contribution < -0.4 is 10.6 Å².